The Balaban J connectivity index is 1.40. The van der Waals surface area contributed by atoms with E-state index in [0.29, 0.717) is 25.4 Å². The molecule has 1 N–H and O–H groups in total. The van der Waals surface area contributed by atoms with Crippen LogP contribution in [0.4, 0.5) is 10.2 Å². The van der Waals surface area contributed by atoms with Gasteiger partial charge in [-0.15, -0.1) is 0 Å². The molecule has 4 rings (SSSR count). The van der Waals surface area contributed by atoms with E-state index in [1.54, 1.807) is 23.0 Å². The van der Waals surface area contributed by atoms with Gasteiger partial charge in [-0.25, -0.2) is 4.39 Å². The largest absolute Gasteiger partial charge is 0.456 e. The molecule has 3 heterocycles. The molecule has 0 saturated carbocycles. The summed E-state index contributed by atoms with van der Waals surface area (Å²) in [4.78, 5) is 27.4. The first-order valence-electron chi connectivity index (χ1n) is 11.8. The smallest absolute Gasteiger partial charge is 0.251 e. The highest BCUT2D eigenvalue weighted by Crippen LogP contribution is 2.28. The lowest BCUT2D eigenvalue weighted by Crippen LogP contribution is -2.46. The van der Waals surface area contributed by atoms with Crippen LogP contribution in [-0.2, 0) is 25.6 Å². The van der Waals surface area contributed by atoms with Crippen molar-refractivity contribution in [3.63, 3.8) is 0 Å². The summed E-state index contributed by atoms with van der Waals surface area (Å²) in [5, 5.41) is 7.14. The molecular formula is C25H30ClFN4O5. The molecule has 0 spiro atoms. The maximum Gasteiger partial charge on any atom is 0.251 e. The number of rotatable bonds is 9. The lowest BCUT2D eigenvalue weighted by Gasteiger charge is -2.28. The van der Waals surface area contributed by atoms with E-state index in [1.165, 1.54) is 23.1 Å². The van der Waals surface area contributed by atoms with E-state index in [2.05, 4.69) is 10.4 Å². The summed E-state index contributed by atoms with van der Waals surface area (Å²) in [6.07, 6.45) is 3.29. The Labute approximate surface area is 214 Å². The number of hydrogen-bond donors (Lipinski definition) is 1. The van der Waals surface area contributed by atoms with Crippen molar-refractivity contribution in [1.82, 2.24) is 14.7 Å². The topological polar surface area (TPSA) is 94.9 Å². The van der Waals surface area contributed by atoms with Gasteiger partial charge in [0.05, 0.1) is 24.7 Å². The number of carbonyl (C=O) groups excluding carboxylic acids is 2. The fourth-order valence-corrected chi connectivity index (χ4v) is 4.33. The quantitative estimate of drug-likeness (QED) is 0.537. The second-order valence-corrected chi connectivity index (χ2v) is 10.1. The number of carbonyl (C=O) groups is 2. The Morgan fingerprint density at radius 3 is 2.83 bits per heavy atom. The number of nitrogens with zero attached hydrogens (tertiary/aromatic N) is 3. The van der Waals surface area contributed by atoms with Crippen molar-refractivity contribution >= 4 is 29.2 Å². The number of nitrogens with one attached hydrogen (secondary N) is 1. The second kappa shape index (κ2) is 10.6. The van der Waals surface area contributed by atoms with E-state index in [4.69, 9.17) is 25.8 Å². The Morgan fingerprint density at radius 2 is 2.14 bits per heavy atom. The van der Waals surface area contributed by atoms with Crippen LogP contribution in [0.5, 0.6) is 5.75 Å². The third-order valence-corrected chi connectivity index (χ3v) is 6.07. The van der Waals surface area contributed by atoms with Gasteiger partial charge in [0.15, 0.2) is 23.2 Å². The number of amides is 2. The highest BCUT2D eigenvalue weighted by atomic mass is 35.5. The van der Waals surface area contributed by atoms with Gasteiger partial charge in [0.2, 0.25) is 5.91 Å². The van der Waals surface area contributed by atoms with Gasteiger partial charge >= 0.3 is 0 Å². The number of ether oxygens (including phenoxy) is 3. The van der Waals surface area contributed by atoms with Crippen LogP contribution in [0.15, 0.2) is 42.3 Å². The summed E-state index contributed by atoms with van der Waals surface area (Å²) in [5.74, 6) is -1.46. The molecule has 2 amide bonds. The summed E-state index contributed by atoms with van der Waals surface area (Å²) in [6.45, 7) is 8.60. The van der Waals surface area contributed by atoms with Crippen molar-refractivity contribution in [2.24, 2.45) is 5.92 Å². The molecule has 2 aliphatic rings. The molecule has 0 aliphatic carbocycles. The lowest BCUT2D eigenvalue weighted by molar-refractivity contribution is -0.139. The Hall–Kier alpha value is -2.95. The molecule has 0 unspecified atom stereocenters. The summed E-state index contributed by atoms with van der Waals surface area (Å²) in [5.41, 5.74) is 0. The van der Waals surface area contributed by atoms with Crippen molar-refractivity contribution in [3.05, 3.63) is 53.1 Å². The molecule has 11 heteroatoms. The van der Waals surface area contributed by atoms with Crippen LogP contribution in [0.1, 0.15) is 34.1 Å². The average molecular weight is 521 g/mol. The molecule has 36 heavy (non-hydrogen) atoms. The van der Waals surface area contributed by atoms with Crippen molar-refractivity contribution in [2.45, 2.75) is 58.6 Å². The predicted octanol–water partition coefficient (Wildman–Crippen LogP) is 3.99. The molecular weight excluding hydrogens is 491 g/mol. The van der Waals surface area contributed by atoms with E-state index in [9.17, 15) is 14.0 Å². The minimum atomic E-state index is -0.767. The van der Waals surface area contributed by atoms with Crippen molar-refractivity contribution in [2.75, 3.05) is 18.5 Å². The van der Waals surface area contributed by atoms with Crippen LogP contribution in [0.3, 0.4) is 0 Å². The van der Waals surface area contributed by atoms with Crippen LogP contribution in [0, 0.1) is 11.7 Å². The van der Waals surface area contributed by atoms with Gasteiger partial charge in [-0.05, 0) is 38.3 Å². The van der Waals surface area contributed by atoms with Crippen LogP contribution in [-0.4, -0.2) is 57.6 Å². The zero-order valence-electron chi connectivity index (χ0n) is 20.7. The first-order valence-corrected chi connectivity index (χ1v) is 12.2. The molecule has 1 saturated heterocycles. The predicted molar refractivity (Wildman–Crippen MR) is 131 cm³/mol. The first kappa shape index (κ1) is 26.1. The zero-order chi connectivity index (χ0) is 26.0. The summed E-state index contributed by atoms with van der Waals surface area (Å²) >= 11 is 5.82. The minimum Gasteiger partial charge on any atom is -0.456 e. The molecule has 9 nitrogen and oxygen atoms in total. The summed E-state index contributed by atoms with van der Waals surface area (Å²) in [6, 6.07) is 5.30. The number of halogens is 2. The average Bonchev–Trinajstić information content (AvgIpc) is 3.48. The Kier molecular flexibility index (Phi) is 7.67. The lowest BCUT2D eigenvalue weighted by atomic mass is 10.0. The zero-order valence-corrected chi connectivity index (χ0v) is 21.4. The van der Waals surface area contributed by atoms with Gasteiger partial charge in [-0.3, -0.25) is 14.3 Å². The number of aromatic nitrogens is 2. The van der Waals surface area contributed by atoms with Crippen LogP contribution < -0.4 is 10.1 Å². The van der Waals surface area contributed by atoms with Gasteiger partial charge in [-0.1, -0.05) is 31.5 Å². The molecule has 194 valence electrons. The summed E-state index contributed by atoms with van der Waals surface area (Å²) < 4.78 is 32.9. The standard InChI is InChI=1S/C25H30ClFN4O5/c1-15(2)10-19(31-13-16(11-22(31)32)35-20-7-5-6-18(26)23(20)27)24(33)28-21-8-9-30(29-21)12-17-14-34-25(3,4)36-17/h5-9,11,15,17,19H,10,12-14H2,1-4H3,(H,28,29,33)/t17-,19+/m1/s1. The second-order valence-electron chi connectivity index (χ2n) is 9.74. The van der Waals surface area contributed by atoms with Crippen molar-refractivity contribution in [3.8, 4) is 5.75 Å². The number of benzene rings is 1. The minimum absolute atomic E-state index is 0.0266. The molecule has 0 bridgehead atoms. The third kappa shape index (κ3) is 6.24. The fourth-order valence-electron chi connectivity index (χ4n) is 4.17. The third-order valence-electron chi connectivity index (χ3n) is 5.77. The number of hydrogen-bond acceptors (Lipinski definition) is 6. The van der Waals surface area contributed by atoms with Gasteiger partial charge in [0.25, 0.3) is 5.91 Å². The fraction of sp³-hybridized carbons (Fsp3) is 0.480. The number of anilines is 1. The first-order chi connectivity index (χ1) is 17.0. The van der Waals surface area contributed by atoms with E-state index in [0.717, 1.165) is 0 Å². The van der Waals surface area contributed by atoms with E-state index >= 15 is 0 Å². The van der Waals surface area contributed by atoms with Gasteiger partial charge < -0.3 is 24.4 Å². The SMILES string of the molecule is CC(C)C[C@@H](C(=O)Nc1ccn(C[C@@H]2COC(C)(C)O2)n1)N1CC(Oc2cccc(Cl)c2F)=CC1=O. The Morgan fingerprint density at radius 1 is 1.36 bits per heavy atom. The van der Waals surface area contributed by atoms with Gasteiger partial charge in [0, 0.05) is 18.3 Å². The molecule has 2 aromatic rings. The molecule has 0 radical (unpaired) electrons. The van der Waals surface area contributed by atoms with Crippen molar-refractivity contribution < 1.29 is 28.2 Å². The Bertz CT molecular complexity index is 1170. The van der Waals surface area contributed by atoms with E-state index < -0.39 is 17.6 Å². The van der Waals surface area contributed by atoms with Crippen molar-refractivity contribution in [1.29, 1.82) is 0 Å². The maximum absolute atomic E-state index is 14.2. The molecule has 1 aromatic carbocycles. The summed E-state index contributed by atoms with van der Waals surface area (Å²) in [7, 11) is 0. The molecule has 2 aliphatic heterocycles. The van der Waals surface area contributed by atoms with Crippen LogP contribution in [0.2, 0.25) is 5.02 Å². The van der Waals surface area contributed by atoms with Gasteiger partial charge in [0.1, 0.15) is 17.9 Å². The maximum atomic E-state index is 14.2. The van der Waals surface area contributed by atoms with E-state index in [-0.39, 0.29) is 46.9 Å². The normalized spacial score (nSPS) is 20.1. The highest BCUT2D eigenvalue weighted by Gasteiger charge is 2.36. The molecule has 1 aromatic heterocycles. The van der Waals surface area contributed by atoms with E-state index in [1.807, 2.05) is 27.7 Å². The van der Waals surface area contributed by atoms with Crippen LogP contribution in [0.25, 0.3) is 0 Å². The highest BCUT2D eigenvalue weighted by molar-refractivity contribution is 6.30. The molecule has 1 fully saturated rings. The molecule has 2 atom stereocenters. The van der Waals surface area contributed by atoms with Gasteiger partial charge in [-0.2, -0.15) is 5.10 Å². The monoisotopic (exact) mass is 520 g/mol. The van der Waals surface area contributed by atoms with Crippen LogP contribution >= 0.6 is 11.6 Å².